The maximum Gasteiger partial charge on any atom is 0.159 e. The van der Waals surface area contributed by atoms with E-state index in [4.69, 9.17) is 0 Å². The van der Waals surface area contributed by atoms with E-state index in [1.54, 1.807) is 6.20 Å². The number of sulfone groups is 1. The van der Waals surface area contributed by atoms with Gasteiger partial charge in [-0.1, -0.05) is 6.92 Å². The molecule has 0 aromatic carbocycles. The van der Waals surface area contributed by atoms with Gasteiger partial charge in [0.05, 0.1) is 11.5 Å². The van der Waals surface area contributed by atoms with Gasteiger partial charge in [0.25, 0.3) is 0 Å². The van der Waals surface area contributed by atoms with Crippen LogP contribution in [0.5, 0.6) is 0 Å². The summed E-state index contributed by atoms with van der Waals surface area (Å²) < 4.78 is 25.8. The number of hydrogen-bond donors (Lipinski definition) is 0. The first kappa shape index (κ1) is 14.5. The Balaban J connectivity index is 1.93. The molecular weight excluding hydrogens is 286 g/mol. The summed E-state index contributed by atoms with van der Waals surface area (Å²) in [6.07, 6.45) is 5.43. The number of aryl methyl sites for hydroxylation is 1. The van der Waals surface area contributed by atoms with E-state index in [1.807, 2.05) is 12.1 Å². The fourth-order valence-corrected chi connectivity index (χ4v) is 4.90. The SMILES string of the molecule is CCCc1nc2cccnc2n1CC1CCCS(=O)(=O)C1. The molecule has 0 aliphatic carbocycles. The molecule has 1 aliphatic rings. The van der Waals surface area contributed by atoms with Crippen LogP contribution >= 0.6 is 0 Å². The number of pyridine rings is 1. The second-order valence-electron chi connectivity index (χ2n) is 5.86. The molecule has 0 radical (unpaired) electrons. The molecular formula is C15H21N3O2S. The Morgan fingerprint density at radius 3 is 3.05 bits per heavy atom. The minimum Gasteiger partial charge on any atom is -0.312 e. The third-order valence-electron chi connectivity index (χ3n) is 4.05. The summed E-state index contributed by atoms with van der Waals surface area (Å²) in [7, 11) is -2.87. The van der Waals surface area contributed by atoms with E-state index in [9.17, 15) is 8.42 Å². The normalized spacial score (nSPS) is 21.7. The van der Waals surface area contributed by atoms with Crippen LogP contribution in [-0.4, -0.2) is 34.5 Å². The fraction of sp³-hybridized carbons (Fsp3) is 0.600. The molecule has 1 saturated heterocycles. The largest absolute Gasteiger partial charge is 0.312 e. The number of imidazole rings is 1. The lowest BCUT2D eigenvalue weighted by molar-refractivity contribution is 0.423. The summed E-state index contributed by atoms with van der Waals surface area (Å²) in [5.74, 6) is 1.84. The van der Waals surface area contributed by atoms with Crippen LogP contribution in [0.25, 0.3) is 11.2 Å². The molecule has 1 aliphatic heterocycles. The van der Waals surface area contributed by atoms with Crippen molar-refractivity contribution in [1.29, 1.82) is 0 Å². The van der Waals surface area contributed by atoms with E-state index in [0.29, 0.717) is 18.1 Å². The summed E-state index contributed by atoms with van der Waals surface area (Å²) in [5.41, 5.74) is 1.78. The Morgan fingerprint density at radius 1 is 1.43 bits per heavy atom. The fourth-order valence-electron chi connectivity index (χ4n) is 3.13. The van der Waals surface area contributed by atoms with Gasteiger partial charge in [0.1, 0.15) is 11.3 Å². The van der Waals surface area contributed by atoms with Gasteiger partial charge >= 0.3 is 0 Å². The van der Waals surface area contributed by atoms with Crippen molar-refractivity contribution in [3.05, 3.63) is 24.2 Å². The van der Waals surface area contributed by atoms with Crippen molar-refractivity contribution in [1.82, 2.24) is 14.5 Å². The summed E-state index contributed by atoms with van der Waals surface area (Å²) in [5, 5.41) is 0. The van der Waals surface area contributed by atoms with Crippen LogP contribution < -0.4 is 0 Å². The minimum atomic E-state index is -2.87. The Morgan fingerprint density at radius 2 is 2.29 bits per heavy atom. The molecule has 2 aromatic rings. The van der Waals surface area contributed by atoms with Crippen LogP contribution in [0.1, 0.15) is 32.0 Å². The van der Waals surface area contributed by atoms with Crippen molar-refractivity contribution in [2.75, 3.05) is 11.5 Å². The molecule has 0 amide bonds. The predicted molar refractivity (Wildman–Crippen MR) is 82.9 cm³/mol. The third-order valence-corrected chi connectivity index (χ3v) is 5.94. The number of fused-ring (bicyclic) bond motifs is 1. The summed E-state index contributed by atoms with van der Waals surface area (Å²) in [6.45, 7) is 2.84. The molecule has 114 valence electrons. The number of rotatable bonds is 4. The Bertz CT molecular complexity index is 736. The van der Waals surface area contributed by atoms with Gasteiger partial charge in [-0.2, -0.15) is 0 Å². The minimum absolute atomic E-state index is 0.179. The van der Waals surface area contributed by atoms with Gasteiger partial charge in [-0.25, -0.2) is 18.4 Å². The van der Waals surface area contributed by atoms with E-state index in [2.05, 4.69) is 21.5 Å². The molecule has 3 rings (SSSR count). The second kappa shape index (κ2) is 5.75. The molecule has 5 nitrogen and oxygen atoms in total. The zero-order valence-electron chi connectivity index (χ0n) is 12.3. The molecule has 6 heteroatoms. The van der Waals surface area contributed by atoms with Crippen molar-refractivity contribution in [3.8, 4) is 0 Å². The highest BCUT2D eigenvalue weighted by Gasteiger charge is 2.26. The zero-order valence-corrected chi connectivity index (χ0v) is 13.1. The van der Waals surface area contributed by atoms with E-state index < -0.39 is 9.84 Å². The molecule has 0 saturated carbocycles. The predicted octanol–water partition coefficient (Wildman–Crippen LogP) is 2.21. The van der Waals surface area contributed by atoms with Crippen molar-refractivity contribution in [3.63, 3.8) is 0 Å². The van der Waals surface area contributed by atoms with E-state index in [-0.39, 0.29) is 5.92 Å². The summed E-state index contributed by atoms with van der Waals surface area (Å²) >= 11 is 0. The van der Waals surface area contributed by atoms with Crippen molar-refractivity contribution < 1.29 is 8.42 Å². The molecule has 1 fully saturated rings. The van der Waals surface area contributed by atoms with Crippen LogP contribution in [0, 0.1) is 5.92 Å². The number of hydrogen-bond acceptors (Lipinski definition) is 4. The molecule has 0 bridgehead atoms. The smallest absolute Gasteiger partial charge is 0.159 e. The molecule has 3 heterocycles. The second-order valence-corrected chi connectivity index (χ2v) is 8.09. The van der Waals surface area contributed by atoms with Gasteiger partial charge in [0, 0.05) is 19.2 Å². The van der Waals surface area contributed by atoms with Gasteiger partial charge in [-0.3, -0.25) is 0 Å². The highest BCUT2D eigenvalue weighted by atomic mass is 32.2. The number of nitrogens with zero attached hydrogens (tertiary/aromatic N) is 3. The van der Waals surface area contributed by atoms with Gasteiger partial charge in [0.15, 0.2) is 15.5 Å². The van der Waals surface area contributed by atoms with E-state index >= 15 is 0 Å². The maximum atomic E-state index is 11.8. The first-order chi connectivity index (χ1) is 10.1. The van der Waals surface area contributed by atoms with Gasteiger partial charge < -0.3 is 4.57 Å². The molecule has 2 aromatic heterocycles. The highest BCUT2D eigenvalue weighted by molar-refractivity contribution is 7.91. The maximum absolute atomic E-state index is 11.8. The monoisotopic (exact) mass is 307 g/mol. The first-order valence-corrected chi connectivity index (χ1v) is 9.42. The molecule has 1 atom stereocenters. The van der Waals surface area contributed by atoms with Gasteiger partial charge in [-0.05, 0) is 37.3 Å². The molecule has 21 heavy (non-hydrogen) atoms. The zero-order chi connectivity index (χ0) is 14.9. The molecule has 0 N–H and O–H groups in total. The van der Waals surface area contributed by atoms with Crippen LogP contribution in [0.3, 0.4) is 0 Å². The lowest BCUT2D eigenvalue weighted by atomic mass is 10.1. The molecule has 1 unspecified atom stereocenters. The van der Waals surface area contributed by atoms with Crippen LogP contribution in [0.15, 0.2) is 18.3 Å². The Hall–Kier alpha value is -1.43. The van der Waals surface area contributed by atoms with E-state index in [1.165, 1.54) is 0 Å². The average molecular weight is 307 g/mol. The van der Waals surface area contributed by atoms with Crippen molar-refractivity contribution >= 4 is 21.0 Å². The first-order valence-electron chi connectivity index (χ1n) is 7.59. The number of aromatic nitrogens is 3. The standard InChI is InChI=1S/C15H21N3O2S/c1-2-5-14-17-13-7-3-8-16-15(13)18(14)10-12-6-4-9-21(19,20)11-12/h3,7-8,12H,2,4-6,9-11H2,1H3. The van der Waals surface area contributed by atoms with Crippen LogP contribution in [0.2, 0.25) is 0 Å². The average Bonchev–Trinajstić information content (AvgIpc) is 2.76. The topological polar surface area (TPSA) is 64.8 Å². The Labute approximate surface area is 125 Å². The van der Waals surface area contributed by atoms with Gasteiger partial charge in [-0.15, -0.1) is 0 Å². The molecule has 0 spiro atoms. The summed E-state index contributed by atoms with van der Waals surface area (Å²) in [6, 6.07) is 3.86. The van der Waals surface area contributed by atoms with Crippen LogP contribution in [0.4, 0.5) is 0 Å². The Kier molecular flexibility index (Phi) is 3.97. The quantitative estimate of drug-likeness (QED) is 0.868. The third kappa shape index (κ3) is 3.10. The lowest BCUT2D eigenvalue weighted by Gasteiger charge is -2.23. The van der Waals surface area contributed by atoms with Gasteiger partial charge in [0.2, 0.25) is 0 Å². The lowest BCUT2D eigenvalue weighted by Crippen LogP contribution is -2.28. The van der Waals surface area contributed by atoms with E-state index in [0.717, 1.165) is 42.7 Å². The summed E-state index contributed by atoms with van der Waals surface area (Å²) in [4.78, 5) is 9.09. The van der Waals surface area contributed by atoms with Crippen molar-refractivity contribution in [2.24, 2.45) is 5.92 Å². The van der Waals surface area contributed by atoms with Crippen molar-refractivity contribution in [2.45, 2.75) is 39.2 Å². The highest BCUT2D eigenvalue weighted by Crippen LogP contribution is 2.23. The van der Waals surface area contributed by atoms with Crippen LogP contribution in [-0.2, 0) is 22.8 Å².